The Morgan fingerprint density at radius 2 is 2.04 bits per heavy atom. The standard InChI is InChI=1S/C18H20N4O2/c1-3-15(4-2-13(1)14-5-8-19-9-6-14)17-11-16(24-21-17)12-20-18-7-10-23-22-18/h1-5,7,10,16,19H,6,8-9,11-12H2,(H,20,22)/t16-/m0/s1. The molecule has 3 heterocycles. The Labute approximate surface area is 140 Å². The molecule has 0 bridgehead atoms. The molecule has 1 atom stereocenters. The summed E-state index contributed by atoms with van der Waals surface area (Å²) in [5.74, 6) is 0.714. The lowest BCUT2D eigenvalue weighted by Crippen LogP contribution is -2.20. The zero-order chi connectivity index (χ0) is 16.2. The molecule has 4 rings (SSSR count). The van der Waals surface area contributed by atoms with Gasteiger partial charge < -0.3 is 20.0 Å². The number of nitrogens with one attached hydrogen (secondary N) is 2. The van der Waals surface area contributed by atoms with Gasteiger partial charge >= 0.3 is 0 Å². The van der Waals surface area contributed by atoms with Crippen LogP contribution in [0.25, 0.3) is 5.57 Å². The molecule has 2 aromatic rings. The Hall–Kier alpha value is -2.60. The average molecular weight is 324 g/mol. The minimum atomic E-state index is 0.0171. The van der Waals surface area contributed by atoms with Gasteiger partial charge in [-0.1, -0.05) is 40.7 Å². The van der Waals surface area contributed by atoms with E-state index in [1.165, 1.54) is 11.1 Å². The second-order valence-electron chi connectivity index (χ2n) is 6.00. The van der Waals surface area contributed by atoms with Crippen molar-refractivity contribution >= 4 is 17.1 Å². The zero-order valence-electron chi connectivity index (χ0n) is 13.4. The third kappa shape index (κ3) is 3.33. The number of aromatic nitrogens is 1. The Morgan fingerprint density at radius 3 is 2.79 bits per heavy atom. The molecule has 24 heavy (non-hydrogen) atoms. The van der Waals surface area contributed by atoms with Gasteiger partial charge in [-0.3, -0.25) is 0 Å². The van der Waals surface area contributed by atoms with Gasteiger partial charge in [-0.05, 0) is 29.7 Å². The van der Waals surface area contributed by atoms with Gasteiger partial charge in [0, 0.05) is 19.0 Å². The summed E-state index contributed by atoms with van der Waals surface area (Å²) in [5.41, 5.74) is 4.83. The van der Waals surface area contributed by atoms with Crippen molar-refractivity contribution in [2.75, 3.05) is 25.0 Å². The van der Waals surface area contributed by atoms with E-state index in [0.717, 1.165) is 37.2 Å². The van der Waals surface area contributed by atoms with Crippen LogP contribution in [0.5, 0.6) is 0 Å². The average Bonchev–Trinajstić information content (AvgIpc) is 3.33. The molecule has 0 unspecified atom stereocenters. The number of benzene rings is 1. The summed E-state index contributed by atoms with van der Waals surface area (Å²) in [7, 11) is 0. The van der Waals surface area contributed by atoms with Crippen LogP contribution in [0.15, 0.2) is 52.3 Å². The third-order valence-corrected chi connectivity index (χ3v) is 4.33. The van der Waals surface area contributed by atoms with Crippen molar-refractivity contribution in [2.24, 2.45) is 5.16 Å². The van der Waals surface area contributed by atoms with Crippen LogP contribution in [-0.4, -0.2) is 36.6 Å². The maximum Gasteiger partial charge on any atom is 0.169 e. The Morgan fingerprint density at radius 1 is 1.17 bits per heavy atom. The summed E-state index contributed by atoms with van der Waals surface area (Å²) in [6, 6.07) is 10.4. The summed E-state index contributed by atoms with van der Waals surface area (Å²) in [6.07, 6.45) is 5.69. The van der Waals surface area contributed by atoms with Crippen molar-refractivity contribution in [1.82, 2.24) is 10.5 Å². The molecule has 0 fully saturated rings. The number of anilines is 1. The highest BCUT2D eigenvalue weighted by Crippen LogP contribution is 2.22. The lowest BCUT2D eigenvalue weighted by Gasteiger charge is -2.14. The molecule has 2 aliphatic heterocycles. The van der Waals surface area contributed by atoms with E-state index in [4.69, 9.17) is 9.36 Å². The largest absolute Gasteiger partial charge is 0.390 e. The highest BCUT2D eigenvalue weighted by atomic mass is 16.6. The van der Waals surface area contributed by atoms with Gasteiger partial charge in [0.2, 0.25) is 0 Å². The van der Waals surface area contributed by atoms with E-state index < -0.39 is 0 Å². The molecule has 6 heteroatoms. The molecule has 1 aromatic heterocycles. The normalized spacial score (nSPS) is 20.2. The van der Waals surface area contributed by atoms with Crippen molar-refractivity contribution in [2.45, 2.75) is 18.9 Å². The molecule has 124 valence electrons. The van der Waals surface area contributed by atoms with Gasteiger partial charge in [-0.2, -0.15) is 0 Å². The number of rotatable bonds is 5. The van der Waals surface area contributed by atoms with Crippen LogP contribution in [0.1, 0.15) is 24.0 Å². The summed E-state index contributed by atoms with van der Waals surface area (Å²) >= 11 is 0. The molecule has 1 aromatic carbocycles. The van der Waals surface area contributed by atoms with E-state index in [-0.39, 0.29) is 6.10 Å². The molecule has 6 nitrogen and oxygen atoms in total. The highest BCUT2D eigenvalue weighted by molar-refractivity contribution is 6.01. The van der Waals surface area contributed by atoms with Gasteiger partial charge in [0.1, 0.15) is 12.4 Å². The number of nitrogens with zero attached hydrogens (tertiary/aromatic N) is 2. The van der Waals surface area contributed by atoms with E-state index >= 15 is 0 Å². The minimum absolute atomic E-state index is 0.0171. The molecule has 0 aliphatic carbocycles. The van der Waals surface area contributed by atoms with Crippen LogP contribution in [-0.2, 0) is 4.84 Å². The lowest BCUT2D eigenvalue weighted by molar-refractivity contribution is 0.0948. The Bertz CT molecular complexity index is 735. The minimum Gasteiger partial charge on any atom is -0.390 e. The van der Waals surface area contributed by atoms with Crippen LogP contribution in [0.4, 0.5) is 5.82 Å². The van der Waals surface area contributed by atoms with Crippen LogP contribution in [0.2, 0.25) is 0 Å². The first-order chi connectivity index (χ1) is 11.9. The molecule has 0 amide bonds. The third-order valence-electron chi connectivity index (χ3n) is 4.33. The predicted octanol–water partition coefficient (Wildman–Crippen LogP) is 2.66. The molecule has 0 saturated heterocycles. The summed E-state index contributed by atoms with van der Waals surface area (Å²) in [5, 5.41) is 14.6. The molecular formula is C18H20N4O2. The quantitative estimate of drug-likeness (QED) is 0.885. The fourth-order valence-electron chi connectivity index (χ4n) is 2.99. The zero-order valence-corrected chi connectivity index (χ0v) is 13.4. The van der Waals surface area contributed by atoms with Crippen molar-refractivity contribution < 1.29 is 9.36 Å². The second-order valence-corrected chi connectivity index (χ2v) is 6.00. The van der Waals surface area contributed by atoms with Crippen molar-refractivity contribution in [1.29, 1.82) is 0 Å². The fraction of sp³-hybridized carbons (Fsp3) is 0.333. The predicted molar refractivity (Wildman–Crippen MR) is 92.9 cm³/mol. The van der Waals surface area contributed by atoms with Gasteiger partial charge in [0.05, 0.1) is 12.3 Å². The first-order valence-corrected chi connectivity index (χ1v) is 8.26. The second kappa shape index (κ2) is 6.88. The molecule has 0 saturated carbocycles. The Balaban J connectivity index is 1.35. The van der Waals surface area contributed by atoms with E-state index in [0.29, 0.717) is 12.4 Å². The number of hydrogen-bond donors (Lipinski definition) is 2. The smallest absolute Gasteiger partial charge is 0.169 e. The van der Waals surface area contributed by atoms with E-state index in [2.05, 4.69) is 51.3 Å². The topological polar surface area (TPSA) is 71.7 Å². The molecule has 2 N–H and O–H groups in total. The van der Waals surface area contributed by atoms with E-state index in [9.17, 15) is 0 Å². The molecule has 0 spiro atoms. The Kier molecular flexibility index (Phi) is 4.29. The van der Waals surface area contributed by atoms with Crippen LogP contribution in [0.3, 0.4) is 0 Å². The van der Waals surface area contributed by atoms with Gasteiger partial charge in [-0.25, -0.2) is 0 Å². The van der Waals surface area contributed by atoms with E-state index in [1.807, 2.05) is 0 Å². The maximum absolute atomic E-state index is 5.51. The lowest BCUT2D eigenvalue weighted by atomic mass is 9.97. The SMILES string of the molecule is C1=C(c2ccc(C3=NO[C@H](CNc4ccon4)C3)cc2)CCNC1. The first-order valence-electron chi connectivity index (χ1n) is 8.26. The number of hydrogen-bond acceptors (Lipinski definition) is 6. The summed E-state index contributed by atoms with van der Waals surface area (Å²) in [6.45, 7) is 2.66. The molecular weight excluding hydrogens is 304 g/mol. The van der Waals surface area contributed by atoms with Crippen LogP contribution < -0.4 is 10.6 Å². The maximum atomic E-state index is 5.51. The van der Waals surface area contributed by atoms with Gasteiger partial charge in [0.15, 0.2) is 5.82 Å². The molecule has 0 radical (unpaired) electrons. The fourth-order valence-corrected chi connectivity index (χ4v) is 2.99. The van der Waals surface area contributed by atoms with Crippen molar-refractivity contribution in [3.05, 3.63) is 53.8 Å². The molecule has 2 aliphatic rings. The van der Waals surface area contributed by atoms with Crippen LogP contribution in [0, 0.1) is 0 Å². The highest BCUT2D eigenvalue weighted by Gasteiger charge is 2.22. The van der Waals surface area contributed by atoms with Gasteiger partial charge in [0.25, 0.3) is 0 Å². The summed E-state index contributed by atoms with van der Waals surface area (Å²) in [4.78, 5) is 5.51. The number of oxime groups is 1. The van der Waals surface area contributed by atoms with Crippen molar-refractivity contribution in [3.63, 3.8) is 0 Å². The van der Waals surface area contributed by atoms with Crippen LogP contribution >= 0.6 is 0 Å². The summed E-state index contributed by atoms with van der Waals surface area (Å²) < 4.78 is 4.79. The first kappa shape index (κ1) is 15.0. The monoisotopic (exact) mass is 324 g/mol. The van der Waals surface area contributed by atoms with Gasteiger partial charge in [-0.15, -0.1) is 0 Å². The van der Waals surface area contributed by atoms with E-state index in [1.54, 1.807) is 12.3 Å². The van der Waals surface area contributed by atoms with Crippen molar-refractivity contribution in [3.8, 4) is 0 Å².